The van der Waals surface area contributed by atoms with Crippen LogP contribution in [0.1, 0.15) is 44.3 Å². The fraction of sp³-hybridized carbons (Fsp3) is 0.306. The minimum absolute atomic E-state index is 0.0361. The zero-order valence-electron chi connectivity index (χ0n) is 25.9. The molecule has 4 aromatic rings. The van der Waals surface area contributed by atoms with Crippen LogP contribution in [0.15, 0.2) is 89.7 Å². The van der Waals surface area contributed by atoms with Gasteiger partial charge >= 0.3 is 6.18 Å². The summed E-state index contributed by atoms with van der Waals surface area (Å²) in [5.41, 5.74) is 1.99. The molecule has 2 amide bonds. The van der Waals surface area contributed by atoms with Gasteiger partial charge in [-0.2, -0.15) is 13.2 Å². The van der Waals surface area contributed by atoms with Crippen molar-refractivity contribution < 1.29 is 27.2 Å². The van der Waals surface area contributed by atoms with E-state index in [1.165, 1.54) is 24.3 Å². The summed E-state index contributed by atoms with van der Waals surface area (Å²) in [6.07, 6.45) is -3.70. The predicted molar refractivity (Wildman–Crippen MR) is 174 cm³/mol. The van der Waals surface area contributed by atoms with E-state index >= 15 is 0 Å². The highest BCUT2D eigenvalue weighted by Crippen LogP contribution is 2.40. The van der Waals surface area contributed by atoms with Crippen molar-refractivity contribution in [1.82, 2.24) is 9.47 Å². The van der Waals surface area contributed by atoms with Crippen LogP contribution in [-0.4, -0.2) is 60.5 Å². The highest BCUT2D eigenvalue weighted by molar-refractivity contribution is 6.07. The van der Waals surface area contributed by atoms with E-state index in [2.05, 4.69) is 15.1 Å². The summed E-state index contributed by atoms with van der Waals surface area (Å²) < 4.78 is 55.6. The number of rotatable bonds is 5. The molecule has 7 rings (SSSR count). The van der Waals surface area contributed by atoms with E-state index < -0.39 is 17.6 Å². The Morgan fingerprint density at radius 2 is 1.52 bits per heavy atom. The van der Waals surface area contributed by atoms with Gasteiger partial charge in [0.1, 0.15) is 5.82 Å². The second kappa shape index (κ2) is 12.5. The van der Waals surface area contributed by atoms with Gasteiger partial charge in [-0.1, -0.05) is 12.1 Å². The number of piperidine rings is 1. The van der Waals surface area contributed by atoms with Crippen molar-refractivity contribution in [2.75, 3.05) is 54.4 Å². The molecule has 48 heavy (non-hydrogen) atoms. The van der Waals surface area contributed by atoms with Gasteiger partial charge in [0.05, 0.1) is 16.9 Å². The zero-order valence-corrected chi connectivity index (χ0v) is 25.9. The molecule has 0 spiro atoms. The third kappa shape index (κ3) is 6.26. The number of alkyl halides is 3. The molecule has 248 valence electrons. The van der Waals surface area contributed by atoms with Crippen molar-refractivity contribution in [2.24, 2.45) is 5.92 Å². The third-order valence-electron chi connectivity index (χ3n) is 9.52. The molecule has 2 unspecified atom stereocenters. The number of halogens is 4. The van der Waals surface area contributed by atoms with Crippen LogP contribution in [0.25, 0.3) is 0 Å². The Morgan fingerprint density at radius 3 is 2.27 bits per heavy atom. The van der Waals surface area contributed by atoms with Gasteiger partial charge in [-0.25, -0.2) is 4.39 Å². The van der Waals surface area contributed by atoms with Gasteiger partial charge in [-0.3, -0.25) is 14.4 Å². The van der Waals surface area contributed by atoms with Gasteiger partial charge in [0.2, 0.25) is 0 Å². The Bertz CT molecular complexity index is 1920. The molecule has 1 aromatic heterocycles. The average molecular weight is 660 g/mol. The first-order valence-corrected chi connectivity index (χ1v) is 15.9. The number of benzene rings is 3. The molecule has 0 saturated carbocycles. The lowest BCUT2D eigenvalue weighted by atomic mass is 9.83. The molecule has 4 heterocycles. The number of hydrogen-bond acceptors (Lipinski definition) is 5. The van der Waals surface area contributed by atoms with Crippen molar-refractivity contribution in [3.05, 3.63) is 123 Å². The van der Waals surface area contributed by atoms with Crippen LogP contribution in [0.2, 0.25) is 0 Å². The van der Waals surface area contributed by atoms with Crippen molar-refractivity contribution >= 4 is 28.9 Å². The van der Waals surface area contributed by atoms with Crippen LogP contribution in [0.3, 0.4) is 0 Å². The topological polar surface area (TPSA) is 77.9 Å². The Labute approximate surface area is 274 Å². The number of nitrogens with one attached hydrogen (secondary N) is 1. The van der Waals surface area contributed by atoms with Gasteiger partial charge in [0.15, 0.2) is 0 Å². The van der Waals surface area contributed by atoms with E-state index in [9.17, 15) is 31.9 Å². The molecule has 8 nitrogen and oxygen atoms in total. The molecule has 3 aromatic carbocycles. The number of aromatic nitrogens is 1. The third-order valence-corrected chi connectivity index (χ3v) is 9.52. The number of carbonyl (C=O) groups excluding carboxylic acids is 2. The van der Waals surface area contributed by atoms with E-state index in [1.807, 2.05) is 10.6 Å². The summed E-state index contributed by atoms with van der Waals surface area (Å²) >= 11 is 0. The van der Waals surface area contributed by atoms with Crippen LogP contribution in [0.5, 0.6) is 0 Å². The quantitative estimate of drug-likeness (QED) is 0.273. The van der Waals surface area contributed by atoms with Crippen molar-refractivity contribution in [1.29, 1.82) is 0 Å². The van der Waals surface area contributed by atoms with E-state index in [-0.39, 0.29) is 34.7 Å². The molecule has 2 saturated heterocycles. The number of hydrogen-bond donors (Lipinski definition) is 1. The summed E-state index contributed by atoms with van der Waals surface area (Å²) in [6, 6.07) is 20.8. The van der Waals surface area contributed by atoms with E-state index in [0.29, 0.717) is 62.8 Å². The molecule has 2 fully saturated rings. The summed E-state index contributed by atoms with van der Waals surface area (Å²) in [6.45, 7) is 3.68. The van der Waals surface area contributed by atoms with E-state index in [0.717, 1.165) is 29.9 Å². The summed E-state index contributed by atoms with van der Waals surface area (Å²) in [4.78, 5) is 45.7. The minimum Gasteiger partial charge on any atom is -0.369 e. The molecule has 3 aliphatic heterocycles. The first kappa shape index (κ1) is 31.5. The second-order valence-corrected chi connectivity index (χ2v) is 12.6. The monoisotopic (exact) mass is 659 g/mol. The van der Waals surface area contributed by atoms with Gasteiger partial charge < -0.3 is 24.6 Å². The molecule has 0 aliphatic carbocycles. The highest BCUT2D eigenvalue weighted by Gasteiger charge is 2.36. The molecule has 1 N–H and O–H groups in total. The van der Waals surface area contributed by atoms with Crippen molar-refractivity contribution in [2.45, 2.75) is 25.1 Å². The van der Waals surface area contributed by atoms with E-state index in [4.69, 9.17) is 0 Å². The maximum atomic E-state index is 13.7. The largest absolute Gasteiger partial charge is 0.416 e. The predicted octanol–water partition coefficient (Wildman–Crippen LogP) is 5.84. The smallest absolute Gasteiger partial charge is 0.369 e. The van der Waals surface area contributed by atoms with Crippen LogP contribution < -0.4 is 20.7 Å². The Balaban J connectivity index is 1.16. The summed E-state index contributed by atoms with van der Waals surface area (Å²) in [5.74, 6) is -1.05. The highest BCUT2D eigenvalue weighted by atomic mass is 19.4. The van der Waals surface area contributed by atoms with Gasteiger partial charge in [-0.15, -0.1) is 0 Å². The van der Waals surface area contributed by atoms with Gasteiger partial charge in [-0.05, 0) is 79.1 Å². The van der Waals surface area contributed by atoms with Crippen LogP contribution in [0.4, 0.5) is 34.6 Å². The van der Waals surface area contributed by atoms with Crippen LogP contribution >= 0.6 is 0 Å². The fourth-order valence-corrected chi connectivity index (χ4v) is 7.17. The molecular weight excluding hydrogens is 626 g/mol. The van der Waals surface area contributed by atoms with Gasteiger partial charge in [0, 0.05) is 80.3 Å². The maximum absolute atomic E-state index is 13.7. The SMILES string of the molecule is O=C(Nc1cc(C(=O)N2CCN(c3ccc(F)cc3)CC2)ccc1N1CC2CC(C1)c1cccc(=O)n1C2)c1cccc(C(F)(F)F)c1. The summed E-state index contributed by atoms with van der Waals surface area (Å²) in [7, 11) is 0. The fourth-order valence-electron chi connectivity index (χ4n) is 7.17. The Morgan fingerprint density at radius 1 is 0.771 bits per heavy atom. The van der Waals surface area contributed by atoms with E-state index in [1.54, 1.807) is 47.4 Å². The molecule has 2 atom stereocenters. The second-order valence-electron chi connectivity index (χ2n) is 12.6. The maximum Gasteiger partial charge on any atom is 0.416 e. The number of nitrogens with zero attached hydrogens (tertiary/aromatic N) is 4. The lowest BCUT2D eigenvalue weighted by molar-refractivity contribution is -0.137. The zero-order chi connectivity index (χ0) is 33.6. The normalized spacial score (nSPS) is 19.1. The number of piperazine rings is 1. The average Bonchev–Trinajstić information content (AvgIpc) is 3.08. The molecule has 12 heteroatoms. The standard InChI is InChI=1S/C36H33F4N5O3/c37-28-8-10-29(11-9-28)42-13-15-43(16-14-42)35(48)25-7-12-32(30(19-25)41-34(47)24-3-1-4-27(18-24)36(38,39)40)44-20-23-17-26(22-44)31-5-2-6-33(46)45(31)21-23/h1-12,18-19,23,26H,13-17,20-22H2,(H,41,47). The number of fused-ring (bicyclic) bond motifs is 4. The van der Waals surface area contributed by atoms with Crippen LogP contribution in [-0.2, 0) is 12.7 Å². The number of pyridine rings is 1. The first-order chi connectivity index (χ1) is 23.0. The van der Waals surface area contributed by atoms with Crippen molar-refractivity contribution in [3.8, 4) is 0 Å². The molecule has 2 bridgehead atoms. The van der Waals surface area contributed by atoms with Crippen molar-refractivity contribution in [3.63, 3.8) is 0 Å². The minimum atomic E-state index is -4.61. The molecule has 0 radical (unpaired) electrons. The lowest BCUT2D eigenvalue weighted by Gasteiger charge is -2.44. The lowest BCUT2D eigenvalue weighted by Crippen LogP contribution is -2.49. The van der Waals surface area contributed by atoms with Gasteiger partial charge in [0.25, 0.3) is 17.4 Å². The summed E-state index contributed by atoms with van der Waals surface area (Å²) in [5, 5.41) is 2.82. The van der Waals surface area contributed by atoms with Crippen LogP contribution in [0, 0.1) is 11.7 Å². The first-order valence-electron chi connectivity index (χ1n) is 15.9. The number of anilines is 3. The molecule has 3 aliphatic rings. The number of amides is 2. The Hall–Kier alpha value is -5.13. The molecular formula is C36H33F4N5O3. The number of carbonyl (C=O) groups is 2. The Kier molecular flexibility index (Phi) is 8.18.